The Morgan fingerprint density at radius 1 is 1.10 bits per heavy atom. The standard InChI is InChI=1S/C21H24N4O4/c26-18-7-3-6-17-14-8-13(10-24(17)18)9-23(11-14)19(27)12-25-20(28)15-4-1-2-5-16(15)22-21(25)29/h1-2,4-5,13-14,17H,3,6-12H2,(H,22,29). The Labute approximate surface area is 167 Å². The number of benzene rings is 1. The van der Waals surface area contributed by atoms with E-state index in [1.54, 1.807) is 29.2 Å². The highest BCUT2D eigenvalue weighted by Gasteiger charge is 2.44. The fraction of sp³-hybridized carbons (Fsp3) is 0.524. The number of H-pyrrole nitrogens is 1. The van der Waals surface area contributed by atoms with E-state index in [0.29, 0.717) is 37.0 Å². The Bertz CT molecular complexity index is 1100. The summed E-state index contributed by atoms with van der Waals surface area (Å²) in [5, 5.41) is 0.395. The summed E-state index contributed by atoms with van der Waals surface area (Å²) in [6, 6.07) is 7.02. The lowest BCUT2D eigenvalue weighted by atomic mass is 9.76. The largest absolute Gasteiger partial charge is 0.340 e. The van der Waals surface area contributed by atoms with Crippen LogP contribution in [0.15, 0.2) is 33.9 Å². The van der Waals surface area contributed by atoms with Crippen molar-refractivity contribution in [2.75, 3.05) is 19.6 Å². The fourth-order valence-electron chi connectivity index (χ4n) is 5.39. The number of hydrogen-bond donors (Lipinski definition) is 1. The van der Waals surface area contributed by atoms with Gasteiger partial charge in [0.2, 0.25) is 11.8 Å². The number of nitrogens with zero attached hydrogens (tertiary/aromatic N) is 3. The number of amides is 2. The summed E-state index contributed by atoms with van der Waals surface area (Å²) >= 11 is 0. The van der Waals surface area contributed by atoms with Crippen molar-refractivity contribution in [2.45, 2.75) is 38.3 Å². The van der Waals surface area contributed by atoms with Crippen molar-refractivity contribution in [3.05, 3.63) is 45.1 Å². The van der Waals surface area contributed by atoms with Gasteiger partial charge in [-0.2, -0.15) is 0 Å². The molecule has 3 saturated heterocycles. The molecule has 3 unspecified atom stereocenters. The van der Waals surface area contributed by atoms with Gasteiger partial charge in [-0.05, 0) is 43.2 Å². The van der Waals surface area contributed by atoms with Gasteiger partial charge in [0.1, 0.15) is 6.54 Å². The minimum absolute atomic E-state index is 0.210. The molecule has 4 heterocycles. The van der Waals surface area contributed by atoms with E-state index >= 15 is 0 Å². The van der Waals surface area contributed by atoms with Crippen LogP contribution in [0, 0.1) is 11.8 Å². The van der Waals surface area contributed by atoms with Gasteiger partial charge in [0.15, 0.2) is 0 Å². The Balaban J connectivity index is 1.37. The first-order chi connectivity index (χ1) is 14.0. The van der Waals surface area contributed by atoms with Crippen LogP contribution in [0.3, 0.4) is 0 Å². The topological polar surface area (TPSA) is 95.5 Å². The summed E-state index contributed by atoms with van der Waals surface area (Å²) in [4.78, 5) is 56.9. The molecule has 2 amide bonds. The number of aromatic amines is 1. The highest BCUT2D eigenvalue weighted by Crippen LogP contribution is 2.37. The van der Waals surface area contributed by atoms with Gasteiger partial charge in [-0.1, -0.05) is 12.1 Å². The minimum atomic E-state index is -0.566. The Morgan fingerprint density at radius 2 is 1.93 bits per heavy atom. The summed E-state index contributed by atoms with van der Waals surface area (Å²) in [5.41, 5.74) is -0.539. The second-order valence-electron chi connectivity index (χ2n) is 8.53. The molecule has 0 saturated carbocycles. The number of para-hydroxylation sites is 1. The minimum Gasteiger partial charge on any atom is -0.340 e. The van der Waals surface area contributed by atoms with Crippen molar-refractivity contribution in [2.24, 2.45) is 11.8 Å². The predicted molar refractivity (Wildman–Crippen MR) is 106 cm³/mol. The van der Waals surface area contributed by atoms with Gasteiger partial charge in [-0.25, -0.2) is 4.79 Å². The molecular weight excluding hydrogens is 372 g/mol. The molecule has 0 radical (unpaired) electrons. The highest BCUT2D eigenvalue weighted by atomic mass is 16.2. The van der Waals surface area contributed by atoms with E-state index in [1.807, 2.05) is 4.90 Å². The van der Waals surface area contributed by atoms with Crippen LogP contribution >= 0.6 is 0 Å². The lowest BCUT2D eigenvalue weighted by Gasteiger charge is -2.52. The van der Waals surface area contributed by atoms with Crippen molar-refractivity contribution >= 4 is 22.7 Å². The Kier molecular flexibility index (Phi) is 4.29. The number of fused-ring (bicyclic) bond motifs is 5. The number of aromatic nitrogens is 2. The van der Waals surface area contributed by atoms with Crippen molar-refractivity contribution < 1.29 is 9.59 Å². The Morgan fingerprint density at radius 3 is 2.79 bits per heavy atom. The third kappa shape index (κ3) is 3.07. The number of carbonyl (C=O) groups excluding carboxylic acids is 2. The monoisotopic (exact) mass is 396 g/mol. The molecule has 29 heavy (non-hydrogen) atoms. The molecule has 2 bridgehead atoms. The number of rotatable bonds is 2. The van der Waals surface area contributed by atoms with Gasteiger partial charge in [-0.3, -0.25) is 19.0 Å². The van der Waals surface area contributed by atoms with Gasteiger partial charge in [0, 0.05) is 32.1 Å². The molecule has 1 aromatic heterocycles. The van der Waals surface area contributed by atoms with Crippen molar-refractivity contribution in [3.63, 3.8) is 0 Å². The first-order valence-electron chi connectivity index (χ1n) is 10.3. The summed E-state index contributed by atoms with van der Waals surface area (Å²) < 4.78 is 0.992. The van der Waals surface area contributed by atoms with Crippen LogP contribution in [0.25, 0.3) is 10.9 Å². The van der Waals surface area contributed by atoms with E-state index < -0.39 is 11.2 Å². The van der Waals surface area contributed by atoms with E-state index in [-0.39, 0.29) is 36.2 Å². The van der Waals surface area contributed by atoms with Crippen LogP contribution in [0.4, 0.5) is 0 Å². The molecular formula is C21H24N4O4. The van der Waals surface area contributed by atoms with Crippen LogP contribution < -0.4 is 11.2 Å². The summed E-state index contributed by atoms with van der Waals surface area (Å²) in [6.45, 7) is 1.61. The van der Waals surface area contributed by atoms with Crippen molar-refractivity contribution in [1.29, 1.82) is 0 Å². The summed E-state index contributed by atoms with van der Waals surface area (Å²) in [7, 11) is 0. The van der Waals surface area contributed by atoms with Crippen molar-refractivity contribution in [3.8, 4) is 0 Å². The average molecular weight is 396 g/mol. The van der Waals surface area contributed by atoms with E-state index in [2.05, 4.69) is 4.98 Å². The molecule has 3 aliphatic heterocycles. The number of nitrogens with one attached hydrogen (secondary N) is 1. The molecule has 3 aliphatic rings. The predicted octanol–water partition coefficient (Wildman–Crippen LogP) is 0.549. The molecule has 3 atom stereocenters. The first kappa shape index (κ1) is 18.1. The average Bonchev–Trinajstić information content (AvgIpc) is 2.71. The van der Waals surface area contributed by atoms with E-state index in [9.17, 15) is 19.2 Å². The van der Waals surface area contributed by atoms with Crippen LogP contribution in [-0.2, 0) is 16.1 Å². The molecule has 8 nitrogen and oxygen atoms in total. The SMILES string of the molecule is O=C(Cn1c(=O)[nH]c2ccccc2c1=O)N1CC2CC(C1)C1CCCC(=O)N1C2. The molecule has 3 fully saturated rings. The van der Waals surface area contributed by atoms with Gasteiger partial charge < -0.3 is 14.8 Å². The maximum atomic E-state index is 13.0. The van der Waals surface area contributed by atoms with Gasteiger partial charge in [-0.15, -0.1) is 0 Å². The van der Waals surface area contributed by atoms with Crippen molar-refractivity contribution in [1.82, 2.24) is 19.4 Å². The molecule has 8 heteroatoms. The lowest BCUT2D eigenvalue weighted by molar-refractivity contribution is -0.149. The van der Waals surface area contributed by atoms with E-state index in [4.69, 9.17) is 0 Å². The summed E-state index contributed by atoms with van der Waals surface area (Å²) in [5.74, 6) is 0.577. The molecule has 1 N–H and O–H groups in total. The van der Waals surface area contributed by atoms with Crippen LogP contribution in [-0.4, -0.2) is 56.8 Å². The number of carbonyl (C=O) groups is 2. The third-order valence-electron chi connectivity index (χ3n) is 6.72. The Hall–Kier alpha value is -2.90. The number of hydrogen-bond acceptors (Lipinski definition) is 4. The van der Waals surface area contributed by atoms with Crippen LogP contribution in [0.5, 0.6) is 0 Å². The quantitative estimate of drug-likeness (QED) is 0.802. The zero-order chi connectivity index (χ0) is 20.1. The molecule has 2 aromatic rings. The van der Waals surface area contributed by atoms with E-state index in [1.165, 1.54) is 0 Å². The number of piperidine rings is 3. The highest BCUT2D eigenvalue weighted by molar-refractivity contribution is 5.79. The summed E-state index contributed by atoms with van der Waals surface area (Å²) in [6.07, 6.45) is 3.58. The maximum Gasteiger partial charge on any atom is 0.329 e. The van der Waals surface area contributed by atoms with Gasteiger partial charge in [0.05, 0.1) is 10.9 Å². The third-order valence-corrected chi connectivity index (χ3v) is 6.72. The normalized spacial score (nSPS) is 26.5. The van der Waals surface area contributed by atoms with Crippen LogP contribution in [0.1, 0.15) is 25.7 Å². The molecule has 1 aromatic carbocycles. The lowest BCUT2D eigenvalue weighted by Crippen LogP contribution is -2.61. The zero-order valence-electron chi connectivity index (χ0n) is 16.2. The molecule has 152 valence electrons. The molecule has 0 spiro atoms. The zero-order valence-corrected chi connectivity index (χ0v) is 16.2. The number of likely N-dealkylation sites (tertiary alicyclic amines) is 1. The van der Waals surface area contributed by atoms with Gasteiger partial charge in [0.25, 0.3) is 5.56 Å². The molecule has 0 aliphatic carbocycles. The van der Waals surface area contributed by atoms with Crippen LogP contribution in [0.2, 0.25) is 0 Å². The second kappa shape index (κ2) is 6.86. The second-order valence-corrected chi connectivity index (χ2v) is 8.53. The van der Waals surface area contributed by atoms with E-state index in [0.717, 1.165) is 23.8 Å². The van der Waals surface area contributed by atoms with Gasteiger partial charge >= 0.3 is 5.69 Å². The maximum absolute atomic E-state index is 13.0. The first-order valence-corrected chi connectivity index (χ1v) is 10.3. The molecule has 5 rings (SSSR count). The fourth-order valence-corrected chi connectivity index (χ4v) is 5.39. The smallest absolute Gasteiger partial charge is 0.329 e.